The van der Waals surface area contributed by atoms with Gasteiger partial charge in [0.05, 0.1) is 18.2 Å². The Balaban J connectivity index is 3.41. The van der Waals surface area contributed by atoms with Crippen molar-refractivity contribution in [2.24, 2.45) is 10.9 Å². The molecule has 9 heteroatoms. The van der Waals surface area contributed by atoms with Gasteiger partial charge in [-0.15, -0.1) is 0 Å². The third-order valence-electron chi connectivity index (χ3n) is 2.81. The number of oxime groups is 1. The summed E-state index contributed by atoms with van der Waals surface area (Å²) in [5, 5.41) is 20.5. The number of nitrogens with zero attached hydrogens (tertiary/aromatic N) is 3. The summed E-state index contributed by atoms with van der Waals surface area (Å²) in [5.41, 5.74) is 4.37. The van der Waals surface area contributed by atoms with E-state index >= 15 is 0 Å². The number of anilines is 1. The fourth-order valence-corrected chi connectivity index (χ4v) is 1.46. The Labute approximate surface area is 113 Å². The first-order valence-electron chi connectivity index (χ1n) is 5.62. The van der Waals surface area contributed by atoms with Crippen LogP contribution in [0.15, 0.2) is 17.3 Å². The number of hydrogen-bond donors (Lipinski definition) is 3. The van der Waals surface area contributed by atoms with Gasteiger partial charge in [0.15, 0.2) is 5.84 Å². The molecule has 20 heavy (non-hydrogen) atoms. The molecule has 1 atom stereocenters. The lowest BCUT2D eigenvalue weighted by atomic mass is 10.1. The number of halogens is 3. The van der Waals surface area contributed by atoms with Gasteiger partial charge in [0.1, 0.15) is 11.5 Å². The molecule has 0 amide bonds. The van der Waals surface area contributed by atoms with Crippen molar-refractivity contribution in [3.8, 4) is 0 Å². The molecule has 0 aliphatic carbocycles. The minimum atomic E-state index is -4.61. The number of aliphatic hydroxyl groups is 1. The van der Waals surface area contributed by atoms with Crippen molar-refractivity contribution in [2.45, 2.75) is 19.1 Å². The quantitative estimate of drug-likeness (QED) is 0.333. The lowest BCUT2D eigenvalue weighted by Gasteiger charge is -2.26. The highest BCUT2D eigenvalue weighted by Crippen LogP contribution is 2.30. The van der Waals surface area contributed by atoms with E-state index in [4.69, 9.17) is 16.0 Å². The van der Waals surface area contributed by atoms with Crippen LogP contribution in [0.4, 0.5) is 19.0 Å². The molecule has 0 aromatic carbocycles. The number of rotatable bonds is 4. The zero-order valence-electron chi connectivity index (χ0n) is 10.9. The monoisotopic (exact) mass is 292 g/mol. The predicted octanol–water partition coefficient (Wildman–Crippen LogP) is 1.01. The number of pyridine rings is 1. The number of aliphatic hydroxyl groups excluding tert-OH is 1. The molecule has 1 aromatic heterocycles. The second kappa shape index (κ2) is 5.95. The first-order valence-corrected chi connectivity index (χ1v) is 5.62. The van der Waals surface area contributed by atoms with Crippen LogP contribution < -0.4 is 10.6 Å². The molecule has 0 aliphatic heterocycles. The van der Waals surface area contributed by atoms with Gasteiger partial charge in [-0.1, -0.05) is 5.16 Å². The van der Waals surface area contributed by atoms with Gasteiger partial charge < -0.3 is 20.9 Å². The van der Waals surface area contributed by atoms with Crippen molar-refractivity contribution in [2.75, 3.05) is 18.6 Å². The van der Waals surface area contributed by atoms with Gasteiger partial charge in [-0.25, -0.2) is 4.98 Å². The van der Waals surface area contributed by atoms with Gasteiger partial charge in [0.2, 0.25) is 0 Å². The van der Waals surface area contributed by atoms with Crippen LogP contribution in [0.25, 0.3) is 0 Å². The fraction of sp³-hybridized carbons (Fsp3) is 0.455. The van der Waals surface area contributed by atoms with Crippen LogP contribution in [-0.2, 0) is 6.18 Å². The van der Waals surface area contributed by atoms with Gasteiger partial charge in [-0.2, -0.15) is 13.2 Å². The molecule has 1 heterocycles. The molecule has 0 aliphatic rings. The Morgan fingerprint density at radius 2 is 2.10 bits per heavy atom. The van der Waals surface area contributed by atoms with E-state index in [1.54, 1.807) is 6.92 Å². The Kier molecular flexibility index (Phi) is 4.77. The van der Waals surface area contributed by atoms with Gasteiger partial charge >= 0.3 is 6.18 Å². The Morgan fingerprint density at radius 3 is 2.55 bits per heavy atom. The maximum absolute atomic E-state index is 12.7. The summed E-state index contributed by atoms with van der Waals surface area (Å²) >= 11 is 0. The summed E-state index contributed by atoms with van der Waals surface area (Å²) in [6.45, 7) is 1.31. The minimum absolute atomic E-state index is 0.0447. The SMILES string of the molecule is CC(CO)N(C)c1nc(C(F)(F)F)ccc1/C(N)=N/O. The number of nitrogens with two attached hydrogens (primary N) is 1. The lowest BCUT2D eigenvalue weighted by Crippen LogP contribution is -2.35. The third-order valence-corrected chi connectivity index (χ3v) is 2.81. The van der Waals surface area contributed by atoms with E-state index in [2.05, 4.69) is 10.1 Å². The summed E-state index contributed by atoms with van der Waals surface area (Å²) < 4.78 is 38.1. The summed E-state index contributed by atoms with van der Waals surface area (Å²) in [5.74, 6) is -0.491. The second-order valence-corrected chi connectivity index (χ2v) is 4.19. The van der Waals surface area contributed by atoms with Gasteiger partial charge in [0.25, 0.3) is 0 Å². The average molecular weight is 292 g/mol. The molecule has 1 unspecified atom stereocenters. The summed E-state index contributed by atoms with van der Waals surface area (Å²) in [6.07, 6.45) is -4.61. The van der Waals surface area contributed by atoms with Crippen molar-refractivity contribution in [1.82, 2.24) is 4.98 Å². The first kappa shape index (κ1) is 16.0. The van der Waals surface area contributed by atoms with Crippen LogP contribution in [0.5, 0.6) is 0 Å². The largest absolute Gasteiger partial charge is 0.433 e. The maximum Gasteiger partial charge on any atom is 0.433 e. The number of aromatic nitrogens is 1. The fourth-order valence-electron chi connectivity index (χ4n) is 1.46. The third kappa shape index (κ3) is 3.29. The Bertz CT molecular complexity index is 505. The second-order valence-electron chi connectivity index (χ2n) is 4.19. The molecule has 0 saturated heterocycles. The van der Waals surface area contributed by atoms with E-state index in [-0.39, 0.29) is 23.8 Å². The molecular formula is C11H15F3N4O2. The van der Waals surface area contributed by atoms with Crippen LogP contribution in [0.3, 0.4) is 0 Å². The molecule has 0 saturated carbocycles. The van der Waals surface area contributed by atoms with E-state index in [0.717, 1.165) is 12.1 Å². The lowest BCUT2D eigenvalue weighted by molar-refractivity contribution is -0.141. The Hall–Kier alpha value is -2.03. The van der Waals surface area contributed by atoms with E-state index in [0.29, 0.717) is 0 Å². The topological polar surface area (TPSA) is 95.0 Å². The van der Waals surface area contributed by atoms with Crippen molar-refractivity contribution in [3.63, 3.8) is 0 Å². The Morgan fingerprint density at radius 1 is 1.50 bits per heavy atom. The van der Waals surface area contributed by atoms with E-state index in [1.807, 2.05) is 0 Å². The highest BCUT2D eigenvalue weighted by Gasteiger charge is 2.34. The molecule has 1 aromatic rings. The van der Waals surface area contributed by atoms with E-state index in [9.17, 15) is 13.2 Å². The molecule has 6 nitrogen and oxygen atoms in total. The summed E-state index contributed by atoms with van der Waals surface area (Å²) in [4.78, 5) is 4.82. The molecule has 0 fully saturated rings. The molecule has 0 bridgehead atoms. The van der Waals surface area contributed by atoms with Crippen molar-refractivity contribution in [3.05, 3.63) is 23.4 Å². The van der Waals surface area contributed by atoms with Gasteiger partial charge in [0, 0.05) is 7.05 Å². The van der Waals surface area contributed by atoms with Gasteiger partial charge in [-0.3, -0.25) is 0 Å². The number of likely N-dealkylation sites (N-methyl/N-ethyl adjacent to an activating group) is 1. The zero-order valence-corrected chi connectivity index (χ0v) is 10.9. The van der Waals surface area contributed by atoms with E-state index in [1.165, 1.54) is 11.9 Å². The molecule has 1 rings (SSSR count). The average Bonchev–Trinajstić information content (AvgIpc) is 2.43. The standard InChI is InChI=1S/C11H15F3N4O2/c1-6(5-19)18(2)10-7(9(15)17-20)3-4-8(16-10)11(12,13)14/h3-4,6,19-20H,5H2,1-2H3,(H2,15,17). The van der Waals surface area contributed by atoms with Crippen LogP contribution >= 0.6 is 0 Å². The molecule has 4 N–H and O–H groups in total. The smallest absolute Gasteiger partial charge is 0.409 e. The zero-order chi connectivity index (χ0) is 15.5. The van der Waals surface area contributed by atoms with Crippen LogP contribution in [0.2, 0.25) is 0 Å². The van der Waals surface area contributed by atoms with Crippen LogP contribution in [0.1, 0.15) is 18.2 Å². The minimum Gasteiger partial charge on any atom is -0.409 e. The summed E-state index contributed by atoms with van der Waals surface area (Å²) in [6, 6.07) is 1.33. The van der Waals surface area contributed by atoms with Crippen molar-refractivity contribution in [1.29, 1.82) is 0 Å². The molecular weight excluding hydrogens is 277 g/mol. The molecule has 0 spiro atoms. The van der Waals surface area contributed by atoms with E-state index < -0.39 is 17.9 Å². The normalized spacial score (nSPS) is 14.2. The maximum atomic E-state index is 12.7. The first-order chi connectivity index (χ1) is 9.22. The highest BCUT2D eigenvalue weighted by atomic mass is 19.4. The molecule has 112 valence electrons. The number of amidine groups is 1. The van der Waals surface area contributed by atoms with Crippen LogP contribution in [0, 0.1) is 0 Å². The molecule has 0 radical (unpaired) electrons. The number of alkyl halides is 3. The summed E-state index contributed by atoms with van der Waals surface area (Å²) in [7, 11) is 1.46. The predicted molar refractivity (Wildman–Crippen MR) is 66.7 cm³/mol. The van der Waals surface area contributed by atoms with Crippen molar-refractivity contribution < 1.29 is 23.5 Å². The van der Waals surface area contributed by atoms with Crippen LogP contribution in [-0.4, -0.2) is 40.8 Å². The highest BCUT2D eigenvalue weighted by molar-refractivity contribution is 6.01. The van der Waals surface area contributed by atoms with Gasteiger partial charge in [-0.05, 0) is 19.1 Å². The number of hydrogen-bond acceptors (Lipinski definition) is 5. The van der Waals surface area contributed by atoms with Crippen molar-refractivity contribution >= 4 is 11.7 Å².